The predicted octanol–water partition coefficient (Wildman–Crippen LogP) is 1.06. The Kier molecular flexibility index (Phi) is 2.91. The summed E-state index contributed by atoms with van der Waals surface area (Å²) in [6.07, 6.45) is 1.93. The molecular formula is C11H17ClN4O. The zero-order valence-electron chi connectivity index (χ0n) is 10.0. The summed E-state index contributed by atoms with van der Waals surface area (Å²) in [4.78, 5) is 11.3. The van der Waals surface area contributed by atoms with Crippen LogP contribution in [0.25, 0.3) is 0 Å². The summed E-state index contributed by atoms with van der Waals surface area (Å²) in [6.45, 7) is 3.79. The van der Waals surface area contributed by atoms with Crippen molar-refractivity contribution in [2.24, 2.45) is 11.5 Å². The lowest BCUT2D eigenvalue weighted by atomic mass is 9.98. The number of halogens is 1. The molecule has 0 saturated heterocycles. The van der Waals surface area contributed by atoms with Gasteiger partial charge in [-0.3, -0.25) is 9.48 Å². The lowest BCUT2D eigenvalue weighted by Gasteiger charge is -2.20. The van der Waals surface area contributed by atoms with Gasteiger partial charge in [0.15, 0.2) is 0 Å². The van der Waals surface area contributed by atoms with Crippen LogP contribution < -0.4 is 11.5 Å². The summed E-state index contributed by atoms with van der Waals surface area (Å²) < 4.78 is 1.87. The molecule has 1 saturated carbocycles. The fourth-order valence-corrected chi connectivity index (χ4v) is 2.60. The molecule has 0 radical (unpaired) electrons. The van der Waals surface area contributed by atoms with Crippen LogP contribution in [0, 0.1) is 13.8 Å². The Morgan fingerprint density at radius 1 is 1.59 bits per heavy atom. The van der Waals surface area contributed by atoms with Crippen molar-refractivity contribution in [2.45, 2.75) is 44.7 Å². The number of primary amides is 1. The van der Waals surface area contributed by atoms with Gasteiger partial charge in [0.2, 0.25) is 5.91 Å². The number of aryl methyl sites for hydroxylation is 1. The van der Waals surface area contributed by atoms with Gasteiger partial charge in [0.1, 0.15) is 0 Å². The van der Waals surface area contributed by atoms with Crippen molar-refractivity contribution in [3.8, 4) is 0 Å². The van der Waals surface area contributed by atoms with E-state index in [0.717, 1.165) is 17.8 Å². The van der Waals surface area contributed by atoms with Gasteiger partial charge >= 0.3 is 0 Å². The van der Waals surface area contributed by atoms with E-state index < -0.39 is 11.4 Å². The van der Waals surface area contributed by atoms with E-state index >= 15 is 0 Å². The third-order valence-corrected chi connectivity index (χ3v) is 4.14. The van der Waals surface area contributed by atoms with Gasteiger partial charge in [-0.15, -0.1) is 0 Å². The second-order valence-corrected chi connectivity index (χ2v) is 5.22. The molecule has 1 aromatic heterocycles. The van der Waals surface area contributed by atoms with Gasteiger partial charge < -0.3 is 11.5 Å². The standard InChI is InChI=1S/C11H17ClN4O/c1-6-9(12)7(2)16(15-6)8-3-4-11(14,5-8)10(13)17/h8H,3-5,14H2,1-2H3,(H2,13,17). The van der Waals surface area contributed by atoms with Crippen molar-refractivity contribution in [3.63, 3.8) is 0 Å². The first-order valence-electron chi connectivity index (χ1n) is 5.65. The van der Waals surface area contributed by atoms with Gasteiger partial charge in [0.25, 0.3) is 0 Å². The molecule has 0 aromatic carbocycles. The van der Waals surface area contributed by atoms with Crippen molar-refractivity contribution in [2.75, 3.05) is 0 Å². The Morgan fingerprint density at radius 3 is 2.65 bits per heavy atom. The molecule has 1 fully saturated rings. The van der Waals surface area contributed by atoms with Gasteiger partial charge in [0, 0.05) is 0 Å². The van der Waals surface area contributed by atoms with E-state index in [1.165, 1.54) is 0 Å². The highest BCUT2D eigenvalue weighted by molar-refractivity contribution is 6.31. The highest BCUT2D eigenvalue weighted by Gasteiger charge is 2.42. The molecule has 1 aromatic rings. The maximum Gasteiger partial charge on any atom is 0.237 e. The van der Waals surface area contributed by atoms with Gasteiger partial charge in [-0.25, -0.2) is 0 Å². The fraction of sp³-hybridized carbons (Fsp3) is 0.636. The average Bonchev–Trinajstić information content (AvgIpc) is 2.77. The largest absolute Gasteiger partial charge is 0.368 e. The zero-order chi connectivity index (χ0) is 12.8. The molecule has 2 unspecified atom stereocenters. The first-order chi connectivity index (χ1) is 7.85. The molecule has 1 aliphatic rings. The molecule has 6 heteroatoms. The van der Waals surface area contributed by atoms with Crippen LogP contribution in [-0.4, -0.2) is 21.2 Å². The Bertz CT molecular complexity index is 470. The van der Waals surface area contributed by atoms with Crippen LogP contribution in [0.5, 0.6) is 0 Å². The van der Waals surface area contributed by atoms with Gasteiger partial charge in [-0.1, -0.05) is 11.6 Å². The van der Waals surface area contributed by atoms with Crippen LogP contribution in [0.3, 0.4) is 0 Å². The number of nitrogens with two attached hydrogens (primary N) is 2. The summed E-state index contributed by atoms with van der Waals surface area (Å²) >= 11 is 6.10. The first-order valence-corrected chi connectivity index (χ1v) is 6.03. The van der Waals surface area contributed by atoms with Gasteiger partial charge in [-0.2, -0.15) is 5.10 Å². The molecule has 1 heterocycles. The normalized spacial score (nSPS) is 28.6. The maximum atomic E-state index is 11.3. The van der Waals surface area contributed by atoms with Crippen molar-refractivity contribution in [3.05, 3.63) is 16.4 Å². The lowest BCUT2D eigenvalue weighted by molar-refractivity contribution is -0.123. The quantitative estimate of drug-likeness (QED) is 0.830. The van der Waals surface area contributed by atoms with Crippen molar-refractivity contribution >= 4 is 17.5 Å². The molecule has 2 atom stereocenters. The Morgan fingerprint density at radius 2 is 2.24 bits per heavy atom. The predicted molar refractivity (Wildman–Crippen MR) is 65.7 cm³/mol. The molecule has 5 nitrogen and oxygen atoms in total. The van der Waals surface area contributed by atoms with Crippen molar-refractivity contribution < 1.29 is 4.79 Å². The van der Waals surface area contributed by atoms with Crippen LogP contribution >= 0.6 is 11.6 Å². The summed E-state index contributed by atoms with van der Waals surface area (Å²) in [5.41, 5.74) is 12.1. The summed E-state index contributed by atoms with van der Waals surface area (Å²) in [5, 5.41) is 5.07. The minimum atomic E-state index is -0.899. The molecule has 17 heavy (non-hydrogen) atoms. The average molecular weight is 257 g/mol. The van der Waals surface area contributed by atoms with E-state index in [4.69, 9.17) is 23.1 Å². The van der Waals surface area contributed by atoms with Crippen LogP contribution in [-0.2, 0) is 4.79 Å². The lowest BCUT2D eigenvalue weighted by Crippen LogP contribution is -2.49. The summed E-state index contributed by atoms with van der Waals surface area (Å²) in [6, 6.07) is 0.110. The minimum absolute atomic E-state index is 0.110. The molecular weight excluding hydrogens is 240 g/mol. The number of amides is 1. The topological polar surface area (TPSA) is 86.9 Å². The van der Waals surface area contributed by atoms with E-state index in [1.807, 2.05) is 18.5 Å². The van der Waals surface area contributed by atoms with E-state index in [2.05, 4.69) is 5.10 Å². The van der Waals surface area contributed by atoms with Crippen molar-refractivity contribution in [1.82, 2.24) is 9.78 Å². The van der Waals surface area contributed by atoms with E-state index in [0.29, 0.717) is 17.9 Å². The molecule has 1 aliphatic carbocycles. The Labute approximate surface area is 105 Å². The molecule has 2 rings (SSSR count). The van der Waals surface area contributed by atoms with Crippen LogP contribution in [0.2, 0.25) is 5.02 Å². The second-order valence-electron chi connectivity index (χ2n) is 4.85. The number of hydrogen-bond acceptors (Lipinski definition) is 3. The highest BCUT2D eigenvalue weighted by atomic mass is 35.5. The molecule has 0 bridgehead atoms. The van der Waals surface area contributed by atoms with E-state index in [1.54, 1.807) is 0 Å². The number of aromatic nitrogens is 2. The number of carbonyl (C=O) groups excluding carboxylic acids is 1. The van der Waals surface area contributed by atoms with Crippen molar-refractivity contribution in [1.29, 1.82) is 0 Å². The van der Waals surface area contributed by atoms with Crippen LogP contribution in [0.15, 0.2) is 0 Å². The van der Waals surface area contributed by atoms with Crippen LogP contribution in [0.1, 0.15) is 36.7 Å². The smallest absolute Gasteiger partial charge is 0.237 e. The summed E-state index contributed by atoms with van der Waals surface area (Å²) in [7, 11) is 0. The third kappa shape index (κ3) is 1.93. The first kappa shape index (κ1) is 12.4. The molecule has 0 aliphatic heterocycles. The zero-order valence-corrected chi connectivity index (χ0v) is 10.8. The molecule has 0 spiro atoms. The third-order valence-electron chi connectivity index (χ3n) is 3.60. The molecule has 4 N–H and O–H groups in total. The summed E-state index contributed by atoms with van der Waals surface area (Å²) in [5.74, 6) is -0.437. The van der Waals surface area contributed by atoms with E-state index in [9.17, 15) is 4.79 Å². The molecule has 1 amide bonds. The number of carbonyl (C=O) groups is 1. The van der Waals surface area contributed by atoms with E-state index in [-0.39, 0.29) is 6.04 Å². The highest BCUT2D eigenvalue weighted by Crippen LogP contribution is 2.37. The number of nitrogens with zero attached hydrogens (tertiary/aromatic N) is 2. The number of rotatable bonds is 2. The maximum absolute atomic E-state index is 11.3. The Balaban J connectivity index is 2.27. The SMILES string of the molecule is Cc1nn(C2CCC(N)(C(N)=O)C2)c(C)c1Cl. The van der Waals surface area contributed by atoms with Gasteiger partial charge in [0.05, 0.1) is 28.0 Å². The minimum Gasteiger partial charge on any atom is -0.368 e. The van der Waals surface area contributed by atoms with Gasteiger partial charge in [-0.05, 0) is 33.1 Å². The number of hydrogen-bond donors (Lipinski definition) is 2. The molecule has 94 valence electrons. The fourth-order valence-electron chi connectivity index (χ4n) is 2.48. The van der Waals surface area contributed by atoms with Crippen LogP contribution in [0.4, 0.5) is 0 Å². The second kappa shape index (κ2) is 3.99. The monoisotopic (exact) mass is 256 g/mol. The Hall–Kier alpha value is -1.07.